The fourth-order valence-electron chi connectivity index (χ4n) is 2.20. The summed E-state index contributed by atoms with van der Waals surface area (Å²) in [5, 5.41) is 5.77. The summed E-state index contributed by atoms with van der Waals surface area (Å²) in [4.78, 5) is 29.2. The molecule has 3 amide bonds. The van der Waals surface area contributed by atoms with E-state index in [-0.39, 0.29) is 11.9 Å². The predicted octanol–water partition coefficient (Wildman–Crippen LogP) is 2.19. The Kier molecular flexibility index (Phi) is 5.70. The average Bonchev–Trinajstić information content (AvgIpc) is 3.07. The van der Waals surface area contributed by atoms with Crippen molar-refractivity contribution in [2.75, 3.05) is 13.6 Å². The van der Waals surface area contributed by atoms with Crippen molar-refractivity contribution in [3.05, 3.63) is 52.0 Å². The zero-order valence-electron chi connectivity index (χ0n) is 13.2. The maximum Gasteiger partial charge on any atom is 0.317 e. The van der Waals surface area contributed by atoms with E-state index in [1.807, 2.05) is 18.4 Å². The minimum Gasteiger partial charge on any atom is -0.366 e. The van der Waals surface area contributed by atoms with E-state index in [1.165, 1.54) is 0 Å². The second-order valence-corrected chi connectivity index (χ2v) is 6.30. The van der Waals surface area contributed by atoms with Crippen molar-refractivity contribution in [2.24, 2.45) is 5.73 Å². The number of nitrogens with two attached hydrogens (primary N) is 1. The van der Waals surface area contributed by atoms with Gasteiger partial charge in [0.25, 0.3) is 0 Å². The van der Waals surface area contributed by atoms with E-state index in [2.05, 4.69) is 10.3 Å². The number of amides is 3. The van der Waals surface area contributed by atoms with Crippen LogP contribution in [0.1, 0.15) is 33.8 Å². The van der Waals surface area contributed by atoms with Crippen molar-refractivity contribution >= 4 is 23.3 Å². The normalized spacial score (nSPS) is 11.7. The van der Waals surface area contributed by atoms with Gasteiger partial charge in [0.15, 0.2) is 0 Å². The van der Waals surface area contributed by atoms with Gasteiger partial charge >= 0.3 is 6.03 Å². The molecule has 0 spiro atoms. The highest BCUT2D eigenvalue weighted by Gasteiger charge is 2.15. The van der Waals surface area contributed by atoms with Crippen LogP contribution in [0.2, 0.25) is 0 Å². The molecule has 3 N–H and O–H groups in total. The van der Waals surface area contributed by atoms with E-state index in [9.17, 15) is 9.59 Å². The molecule has 23 heavy (non-hydrogen) atoms. The van der Waals surface area contributed by atoms with Gasteiger partial charge in [0.05, 0.1) is 5.01 Å². The van der Waals surface area contributed by atoms with E-state index in [4.69, 9.17) is 5.73 Å². The molecular formula is C16H20N4O2S. The number of rotatable bonds is 6. The van der Waals surface area contributed by atoms with Crippen LogP contribution in [0, 0.1) is 0 Å². The number of hydrogen-bond acceptors (Lipinski definition) is 4. The molecule has 7 heteroatoms. The van der Waals surface area contributed by atoms with E-state index in [0.717, 1.165) is 10.6 Å². The van der Waals surface area contributed by atoms with E-state index < -0.39 is 5.91 Å². The summed E-state index contributed by atoms with van der Waals surface area (Å²) in [6.07, 6.45) is 1.77. The summed E-state index contributed by atoms with van der Waals surface area (Å²) in [6, 6.07) is 6.75. The number of carbonyl (C=O) groups is 2. The van der Waals surface area contributed by atoms with Crippen LogP contribution in [0.15, 0.2) is 35.8 Å². The van der Waals surface area contributed by atoms with Crippen LogP contribution in [0.4, 0.5) is 4.79 Å². The van der Waals surface area contributed by atoms with E-state index in [1.54, 1.807) is 47.7 Å². The molecule has 0 saturated heterocycles. The number of nitrogens with zero attached hydrogens (tertiary/aromatic N) is 2. The summed E-state index contributed by atoms with van der Waals surface area (Å²) >= 11 is 1.59. The smallest absolute Gasteiger partial charge is 0.317 e. The Labute approximate surface area is 139 Å². The van der Waals surface area contributed by atoms with Gasteiger partial charge in [-0.15, -0.1) is 11.3 Å². The lowest BCUT2D eigenvalue weighted by Gasteiger charge is -2.21. The lowest BCUT2D eigenvalue weighted by Crippen LogP contribution is -2.38. The molecule has 0 aliphatic heterocycles. The highest BCUT2D eigenvalue weighted by atomic mass is 32.1. The maximum absolute atomic E-state index is 12.1. The van der Waals surface area contributed by atoms with Gasteiger partial charge in [-0.1, -0.05) is 19.1 Å². The molecule has 2 rings (SSSR count). The number of hydrogen-bond donors (Lipinski definition) is 2. The third kappa shape index (κ3) is 4.79. The van der Waals surface area contributed by atoms with Crippen molar-refractivity contribution in [2.45, 2.75) is 19.4 Å². The standard InChI is InChI=1S/C16H20N4O2S/c1-11(15-18-6-7-23-15)10-20(2)16(22)19-9-12-4-3-5-13(8-12)14(17)21/h3-8,11H,9-10H2,1-2H3,(H2,17,21)(H,19,22). The molecule has 0 aliphatic carbocycles. The van der Waals surface area contributed by atoms with Crippen LogP contribution in [-0.2, 0) is 6.54 Å². The lowest BCUT2D eigenvalue weighted by atomic mass is 10.1. The van der Waals surface area contributed by atoms with E-state index >= 15 is 0 Å². The molecule has 0 bridgehead atoms. The Morgan fingerprint density at radius 2 is 2.22 bits per heavy atom. The SMILES string of the molecule is CC(CN(C)C(=O)NCc1cccc(C(N)=O)c1)c1nccs1. The summed E-state index contributed by atoms with van der Waals surface area (Å²) in [6.45, 7) is 2.97. The number of nitrogens with one attached hydrogen (secondary N) is 1. The lowest BCUT2D eigenvalue weighted by molar-refractivity contribution is 0.1000. The maximum atomic E-state index is 12.1. The Morgan fingerprint density at radius 3 is 2.87 bits per heavy atom. The summed E-state index contributed by atoms with van der Waals surface area (Å²) < 4.78 is 0. The monoisotopic (exact) mass is 332 g/mol. The predicted molar refractivity (Wildman–Crippen MR) is 90.4 cm³/mol. The number of benzene rings is 1. The van der Waals surface area contributed by atoms with Gasteiger partial charge in [0, 0.05) is 43.2 Å². The Morgan fingerprint density at radius 1 is 1.43 bits per heavy atom. The highest BCUT2D eigenvalue weighted by molar-refractivity contribution is 7.09. The molecule has 1 heterocycles. The van der Waals surface area contributed by atoms with E-state index in [0.29, 0.717) is 18.7 Å². The van der Waals surface area contributed by atoms with Crippen LogP contribution in [-0.4, -0.2) is 35.4 Å². The molecule has 1 atom stereocenters. The summed E-state index contributed by atoms with van der Waals surface area (Å²) in [5.74, 6) is -0.295. The minimum atomic E-state index is -0.479. The topological polar surface area (TPSA) is 88.3 Å². The molecule has 2 aromatic rings. The molecule has 0 saturated carbocycles. The van der Waals surface area contributed by atoms with Crippen LogP contribution in [0.25, 0.3) is 0 Å². The third-order valence-electron chi connectivity index (χ3n) is 3.42. The molecular weight excluding hydrogens is 312 g/mol. The zero-order valence-corrected chi connectivity index (χ0v) is 14.0. The van der Waals surface area contributed by atoms with Gasteiger partial charge in [0.1, 0.15) is 0 Å². The number of carbonyl (C=O) groups excluding carboxylic acids is 2. The molecule has 1 aromatic carbocycles. The second-order valence-electron chi connectivity index (χ2n) is 5.38. The third-order valence-corrected chi connectivity index (χ3v) is 4.43. The van der Waals surface area contributed by atoms with Crippen molar-refractivity contribution in [3.63, 3.8) is 0 Å². The van der Waals surface area contributed by atoms with Gasteiger partial charge in [0.2, 0.25) is 5.91 Å². The van der Waals surface area contributed by atoms with Crippen LogP contribution in [0.5, 0.6) is 0 Å². The average molecular weight is 332 g/mol. The number of likely N-dealkylation sites (N-methyl/N-ethyl adjacent to an activating group) is 1. The first-order chi connectivity index (χ1) is 11.0. The molecule has 0 radical (unpaired) electrons. The molecule has 0 aliphatic rings. The van der Waals surface area contributed by atoms with Gasteiger partial charge < -0.3 is 16.0 Å². The van der Waals surface area contributed by atoms with Gasteiger partial charge in [-0.25, -0.2) is 9.78 Å². The quantitative estimate of drug-likeness (QED) is 0.850. The summed E-state index contributed by atoms with van der Waals surface area (Å²) in [7, 11) is 1.75. The number of thiazole rings is 1. The first-order valence-corrected chi connectivity index (χ1v) is 8.12. The fraction of sp³-hybridized carbons (Fsp3) is 0.312. The first-order valence-electron chi connectivity index (χ1n) is 7.24. The minimum absolute atomic E-state index is 0.169. The molecule has 6 nitrogen and oxygen atoms in total. The highest BCUT2D eigenvalue weighted by Crippen LogP contribution is 2.18. The molecule has 122 valence electrons. The number of urea groups is 1. The number of aromatic nitrogens is 1. The van der Waals surface area contributed by atoms with Crippen LogP contribution >= 0.6 is 11.3 Å². The van der Waals surface area contributed by atoms with Crippen molar-refractivity contribution < 1.29 is 9.59 Å². The Hall–Kier alpha value is -2.41. The fourth-order valence-corrected chi connectivity index (χ4v) is 2.89. The Balaban J connectivity index is 1.86. The van der Waals surface area contributed by atoms with Crippen LogP contribution < -0.4 is 11.1 Å². The van der Waals surface area contributed by atoms with Gasteiger partial charge in [-0.05, 0) is 17.7 Å². The first kappa shape index (κ1) is 17.0. The second kappa shape index (κ2) is 7.73. The largest absolute Gasteiger partial charge is 0.366 e. The van der Waals surface area contributed by atoms with Gasteiger partial charge in [-0.2, -0.15) is 0 Å². The van der Waals surface area contributed by atoms with Crippen molar-refractivity contribution in [3.8, 4) is 0 Å². The Bertz CT molecular complexity index is 672. The van der Waals surface area contributed by atoms with Crippen LogP contribution in [0.3, 0.4) is 0 Å². The molecule has 1 unspecified atom stereocenters. The molecule has 0 fully saturated rings. The van der Waals surface area contributed by atoms with Gasteiger partial charge in [-0.3, -0.25) is 4.79 Å². The number of primary amides is 1. The zero-order chi connectivity index (χ0) is 16.8. The van der Waals surface area contributed by atoms with Crippen molar-refractivity contribution in [1.29, 1.82) is 0 Å². The molecule has 1 aromatic heterocycles. The summed E-state index contributed by atoms with van der Waals surface area (Å²) in [5.41, 5.74) is 6.51. The van der Waals surface area contributed by atoms with Crippen molar-refractivity contribution in [1.82, 2.24) is 15.2 Å².